The Hall–Kier alpha value is -6.72. The number of aryl methyl sites for hydroxylation is 2. The Balaban J connectivity index is 0.848. The van der Waals surface area contributed by atoms with E-state index in [-0.39, 0.29) is 60.8 Å². The van der Waals surface area contributed by atoms with E-state index in [1.165, 1.54) is 12.1 Å². The average molecular weight is 849 g/mol. The van der Waals surface area contributed by atoms with E-state index >= 15 is 8.78 Å². The number of aliphatic imine (C=N–C) groups is 1. The van der Waals surface area contributed by atoms with Gasteiger partial charge in [0, 0.05) is 87.4 Å². The lowest BCUT2D eigenvalue weighted by Crippen LogP contribution is -2.58. The number of hydrogen-bond acceptors (Lipinski definition) is 11. The fourth-order valence-corrected chi connectivity index (χ4v) is 8.91. The fraction of sp³-hybridized carbons (Fsp3) is 0.409. The summed E-state index contributed by atoms with van der Waals surface area (Å²) in [5.74, 6) is -4.01. The number of guanidine groups is 1. The first-order chi connectivity index (χ1) is 29.8. The molecule has 2 aromatic carbocycles. The summed E-state index contributed by atoms with van der Waals surface area (Å²) in [7, 11) is 1.81. The van der Waals surface area contributed by atoms with E-state index < -0.39 is 35.3 Å². The second-order valence-electron chi connectivity index (χ2n) is 16.7. The van der Waals surface area contributed by atoms with Crippen LogP contribution in [0.4, 0.5) is 25.8 Å². The number of piperazine rings is 1. The van der Waals surface area contributed by atoms with Crippen LogP contribution in [-0.2, 0) is 21.4 Å². The molecule has 16 nitrogen and oxygen atoms in total. The summed E-state index contributed by atoms with van der Waals surface area (Å²) in [6, 6.07) is 11.1. The van der Waals surface area contributed by atoms with Crippen molar-refractivity contribution in [3.05, 3.63) is 82.7 Å². The lowest BCUT2D eigenvalue weighted by molar-refractivity contribution is -0.138. The van der Waals surface area contributed by atoms with Crippen molar-refractivity contribution in [2.24, 2.45) is 23.9 Å². The van der Waals surface area contributed by atoms with Crippen molar-refractivity contribution < 1.29 is 37.5 Å². The normalized spacial score (nSPS) is 21.6. The Morgan fingerprint density at radius 1 is 0.903 bits per heavy atom. The highest BCUT2D eigenvalue weighted by molar-refractivity contribution is 6.19. The molecule has 0 aliphatic carbocycles. The highest BCUT2D eigenvalue weighted by Crippen LogP contribution is 2.37. The van der Waals surface area contributed by atoms with Crippen molar-refractivity contribution in [1.29, 1.82) is 0 Å². The number of nitrogens with zero attached hydrogens (tertiary/aromatic N) is 8. The largest absolute Gasteiger partial charge is 0.477 e. The summed E-state index contributed by atoms with van der Waals surface area (Å²) in [5.41, 5.74) is 4.09. The molecule has 2 N–H and O–H groups in total. The molecule has 3 fully saturated rings. The second kappa shape index (κ2) is 16.3. The van der Waals surface area contributed by atoms with Crippen molar-refractivity contribution in [3.8, 4) is 17.1 Å². The predicted molar refractivity (Wildman–Crippen MR) is 224 cm³/mol. The number of halogens is 2. The molecule has 0 saturated carbocycles. The van der Waals surface area contributed by atoms with Crippen LogP contribution in [0.15, 0.2) is 53.7 Å². The maximum absolute atomic E-state index is 15.2. The van der Waals surface area contributed by atoms with Crippen LogP contribution in [0.1, 0.15) is 70.5 Å². The van der Waals surface area contributed by atoms with Crippen molar-refractivity contribution in [3.63, 3.8) is 0 Å². The molecule has 5 aliphatic heterocycles. The molecular weight excluding hydrogens is 803 g/mol. The Morgan fingerprint density at radius 3 is 2.39 bits per heavy atom. The van der Waals surface area contributed by atoms with E-state index in [2.05, 4.69) is 32.6 Å². The summed E-state index contributed by atoms with van der Waals surface area (Å²) < 4.78 is 38.2. The number of piperidine rings is 1. The number of aromatic nitrogens is 3. The van der Waals surface area contributed by atoms with Gasteiger partial charge in [0.2, 0.25) is 29.6 Å². The van der Waals surface area contributed by atoms with Gasteiger partial charge in [0.25, 0.3) is 11.8 Å². The van der Waals surface area contributed by atoms with E-state index in [4.69, 9.17) is 4.74 Å². The van der Waals surface area contributed by atoms with E-state index in [1.807, 2.05) is 24.0 Å². The van der Waals surface area contributed by atoms with Crippen LogP contribution in [-0.4, -0.2) is 112 Å². The van der Waals surface area contributed by atoms with E-state index in [0.717, 1.165) is 24.2 Å². The highest BCUT2D eigenvalue weighted by Gasteiger charge is 2.39. The number of hydrogen-bond donors (Lipinski definition) is 2. The monoisotopic (exact) mass is 848 g/mol. The minimum Gasteiger partial charge on any atom is -0.477 e. The number of carbonyl (C=O) groups is 5. The first-order valence-electron chi connectivity index (χ1n) is 20.9. The van der Waals surface area contributed by atoms with Crippen molar-refractivity contribution in [1.82, 2.24) is 29.9 Å². The molecule has 0 radical (unpaired) electrons. The number of benzene rings is 2. The predicted octanol–water partition coefficient (Wildman–Crippen LogP) is 4.25. The molecule has 0 spiro atoms. The summed E-state index contributed by atoms with van der Waals surface area (Å²) in [4.78, 5) is 81.4. The number of rotatable bonds is 4. The van der Waals surface area contributed by atoms with Crippen LogP contribution in [0.5, 0.6) is 5.88 Å². The molecule has 18 heteroatoms. The molecule has 5 aliphatic rings. The topological polar surface area (TPSA) is 175 Å². The first kappa shape index (κ1) is 40.7. The molecule has 3 saturated heterocycles. The summed E-state index contributed by atoms with van der Waals surface area (Å²) in [6.45, 7) is 6.80. The van der Waals surface area contributed by atoms with Crippen molar-refractivity contribution in [2.45, 2.75) is 45.4 Å². The number of imide groups is 1. The van der Waals surface area contributed by atoms with Crippen LogP contribution in [0.25, 0.3) is 11.3 Å². The zero-order chi connectivity index (χ0) is 43.4. The standard InChI is InChI=1S/C44H46F2N10O6/c1-24-5-4-14-62-43-31(20-47-52(43)3)35-16-27(15-25(2)48-35)39(58)51-44-49-34-8-6-26(17-36(34)56(44)21-24)41(60)53-10-12-54(13-11-53)42(61)28-22-55(23-28)29-18-32(45)38(33(46)19-29)30-7-9-37(57)50-40(30)59/h6,8,15-20,24,28,30H,4-5,7,9-14,21-23H2,1-3H3,(H,49,51,58)(H,50,57,59)/t24-,30-/m1/s1. The zero-order valence-electron chi connectivity index (χ0n) is 34.6. The van der Waals surface area contributed by atoms with E-state index in [9.17, 15) is 24.0 Å². The lowest BCUT2D eigenvalue weighted by atomic mass is 9.89. The molecule has 4 aromatic rings. The molecule has 0 unspecified atom stereocenters. The van der Waals surface area contributed by atoms with Gasteiger partial charge < -0.3 is 29.7 Å². The van der Waals surface area contributed by atoms with Gasteiger partial charge in [-0.1, -0.05) is 6.92 Å². The first-order valence-corrected chi connectivity index (χ1v) is 20.9. The molecule has 322 valence electrons. The van der Waals surface area contributed by atoms with Gasteiger partial charge in [-0.25, -0.2) is 13.5 Å². The number of amides is 5. The van der Waals surface area contributed by atoms with E-state index in [0.29, 0.717) is 79.2 Å². The number of carbonyl (C=O) groups excluding carboxylic acids is 5. The van der Waals surface area contributed by atoms with Crippen molar-refractivity contribution >= 4 is 52.6 Å². The maximum Gasteiger partial charge on any atom is 0.280 e. The van der Waals surface area contributed by atoms with Crippen LogP contribution >= 0.6 is 0 Å². The molecular formula is C44H46F2N10O6. The number of fused-ring (bicyclic) bond motifs is 7. The Kier molecular flexibility index (Phi) is 10.7. The smallest absolute Gasteiger partial charge is 0.280 e. The van der Waals surface area contributed by atoms with Gasteiger partial charge in [0.1, 0.15) is 11.6 Å². The summed E-state index contributed by atoms with van der Waals surface area (Å²) in [5, 5.41) is 9.82. The summed E-state index contributed by atoms with van der Waals surface area (Å²) in [6.07, 6.45) is 3.30. The van der Waals surface area contributed by atoms with Gasteiger partial charge in [0.15, 0.2) is 0 Å². The third-order valence-corrected chi connectivity index (χ3v) is 12.3. The van der Waals surface area contributed by atoms with Gasteiger partial charge in [-0.15, -0.1) is 0 Å². The molecule has 62 heavy (non-hydrogen) atoms. The highest BCUT2D eigenvalue weighted by atomic mass is 19.1. The van der Waals surface area contributed by atoms with Gasteiger partial charge in [-0.3, -0.25) is 34.3 Å². The van der Waals surface area contributed by atoms with Crippen LogP contribution in [0.2, 0.25) is 0 Å². The molecule has 2 aromatic heterocycles. The third-order valence-electron chi connectivity index (χ3n) is 12.3. The number of anilines is 3. The zero-order valence-corrected chi connectivity index (χ0v) is 34.6. The molecule has 7 heterocycles. The van der Waals surface area contributed by atoms with Gasteiger partial charge >= 0.3 is 0 Å². The van der Waals surface area contributed by atoms with Crippen molar-refractivity contribution in [2.75, 3.05) is 67.5 Å². The Labute approximate surface area is 355 Å². The number of pyridine rings is 1. The molecule has 2 bridgehead atoms. The Bertz CT molecular complexity index is 2520. The average Bonchev–Trinajstić information content (AvgIpc) is 3.76. The SMILES string of the molecule is Cc1cc2cc(n1)-c1cnn(C)c1OCCC[C@@H](C)CN1/C(=N/C2=O)Nc2ccc(C(=O)N3CCN(C(=O)C4CN(c5cc(F)c([C@H]6CCC(=O)NC6=O)c(F)c5)C4)CC3)cc21. The molecule has 2 atom stereocenters. The Morgan fingerprint density at radius 2 is 1.65 bits per heavy atom. The van der Waals surface area contributed by atoms with Crippen LogP contribution in [0, 0.1) is 30.4 Å². The minimum atomic E-state index is -1.09. The molecule has 9 rings (SSSR count). The third kappa shape index (κ3) is 7.73. The van der Waals surface area contributed by atoms with Gasteiger partial charge in [0.05, 0.1) is 47.3 Å². The van der Waals surface area contributed by atoms with Crippen LogP contribution < -0.4 is 25.2 Å². The maximum atomic E-state index is 15.2. The van der Waals surface area contributed by atoms with Gasteiger partial charge in [-0.05, 0) is 74.6 Å². The van der Waals surface area contributed by atoms with E-state index in [1.54, 1.807) is 50.8 Å². The molecule has 5 amide bonds. The minimum absolute atomic E-state index is 0.00150. The second-order valence-corrected chi connectivity index (χ2v) is 16.7. The van der Waals surface area contributed by atoms with Gasteiger partial charge in [-0.2, -0.15) is 10.1 Å². The van der Waals surface area contributed by atoms with Crippen LogP contribution in [0.3, 0.4) is 0 Å². The fourth-order valence-electron chi connectivity index (χ4n) is 8.91. The quantitative estimate of drug-likeness (QED) is 0.281. The number of ether oxygens (including phenoxy) is 1. The lowest BCUT2D eigenvalue weighted by Gasteiger charge is -2.44. The number of nitrogens with one attached hydrogen (secondary N) is 2. The summed E-state index contributed by atoms with van der Waals surface area (Å²) >= 11 is 0.